The lowest BCUT2D eigenvalue weighted by Crippen LogP contribution is -2.28. The van der Waals surface area contributed by atoms with Crippen LogP contribution in [0.1, 0.15) is 24.1 Å². The molecule has 1 amide bonds. The van der Waals surface area contributed by atoms with Gasteiger partial charge in [-0.05, 0) is 30.2 Å². The van der Waals surface area contributed by atoms with Crippen LogP contribution in [0.4, 0.5) is 0 Å². The van der Waals surface area contributed by atoms with Crippen molar-refractivity contribution >= 4 is 32.7 Å². The van der Waals surface area contributed by atoms with Gasteiger partial charge >= 0.3 is 0 Å². The fourth-order valence-electron chi connectivity index (χ4n) is 2.68. The summed E-state index contributed by atoms with van der Waals surface area (Å²) in [6.07, 6.45) is 2.08. The van der Waals surface area contributed by atoms with Gasteiger partial charge in [-0.2, -0.15) is 0 Å². The zero-order valence-electron chi connectivity index (χ0n) is 12.8. The molecule has 4 heteroatoms. The van der Waals surface area contributed by atoms with Gasteiger partial charge < -0.3 is 5.32 Å². The number of halogens is 1. The van der Waals surface area contributed by atoms with Crippen molar-refractivity contribution < 1.29 is 4.79 Å². The van der Waals surface area contributed by atoms with Gasteiger partial charge in [0.1, 0.15) is 0 Å². The van der Waals surface area contributed by atoms with Crippen LogP contribution < -0.4 is 5.32 Å². The van der Waals surface area contributed by atoms with Crippen LogP contribution in [0, 0.1) is 0 Å². The number of para-hydroxylation sites is 1. The van der Waals surface area contributed by atoms with E-state index in [1.807, 2.05) is 61.5 Å². The first-order chi connectivity index (χ1) is 11.1. The highest BCUT2D eigenvalue weighted by atomic mass is 79.9. The molecular weight excluding hydrogens is 352 g/mol. The predicted octanol–water partition coefficient (Wildman–Crippen LogP) is 4.42. The maximum absolute atomic E-state index is 12.4. The Morgan fingerprint density at radius 1 is 1.13 bits per heavy atom. The Hall–Kier alpha value is -2.20. The lowest BCUT2D eigenvalue weighted by Gasteiger charge is -2.16. The molecule has 116 valence electrons. The summed E-state index contributed by atoms with van der Waals surface area (Å²) in [6, 6.07) is 17.7. The van der Waals surface area contributed by atoms with E-state index in [2.05, 4.69) is 26.2 Å². The van der Waals surface area contributed by atoms with E-state index in [1.165, 1.54) is 0 Å². The lowest BCUT2D eigenvalue weighted by atomic mass is 10.1. The molecule has 1 heterocycles. The van der Waals surface area contributed by atoms with Gasteiger partial charge in [-0.3, -0.25) is 9.78 Å². The van der Waals surface area contributed by atoms with E-state index >= 15 is 0 Å². The number of pyridine rings is 1. The van der Waals surface area contributed by atoms with Crippen LogP contribution in [0.15, 0.2) is 65.3 Å². The van der Waals surface area contributed by atoms with Crippen molar-refractivity contribution in [1.82, 2.24) is 10.3 Å². The predicted molar refractivity (Wildman–Crippen MR) is 96.1 cm³/mol. The summed E-state index contributed by atoms with van der Waals surface area (Å²) in [5.74, 6) is -0.00796. The monoisotopic (exact) mass is 368 g/mol. The molecule has 0 saturated heterocycles. The number of benzene rings is 2. The van der Waals surface area contributed by atoms with Gasteiger partial charge in [0, 0.05) is 16.1 Å². The maximum Gasteiger partial charge on any atom is 0.224 e. The van der Waals surface area contributed by atoms with Crippen LogP contribution in [0.25, 0.3) is 10.9 Å². The molecule has 1 N–H and O–H groups in total. The Bertz CT molecular complexity index is 842. The van der Waals surface area contributed by atoms with Gasteiger partial charge in [-0.25, -0.2) is 0 Å². The van der Waals surface area contributed by atoms with Crippen LogP contribution >= 0.6 is 15.9 Å². The lowest BCUT2D eigenvalue weighted by molar-refractivity contribution is -0.121. The molecule has 0 aliphatic heterocycles. The first-order valence-electron chi connectivity index (χ1n) is 7.51. The van der Waals surface area contributed by atoms with Crippen molar-refractivity contribution in [2.75, 3.05) is 0 Å². The number of fused-ring (bicyclic) bond motifs is 1. The number of nitrogens with zero attached hydrogens (tertiary/aromatic N) is 1. The summed E-state index contributed by atoms with van der Waals surface area (Å²) >= 11 is 3.52. The smallest absolute Gasteiger partial charge is 0.224 e. The molecule has 23 heavy (non-hydrogen) atoms. The normalized spacial score (nSPS) is 12.1. The minimum atomic E-state index is -0.0546. The number of aromatic nitrogens is 1. The molecule has 1 atom stereocenters. The van der Waals surface area contributed by atoms with Crippen molar-refractivity contribution in [3.8, 4) is 0 Å². The zero-order chi connectivity index (χ0) is 16.2. The molecule has 2 aromatic carbocycles. The van der Waals surface area contributed by atoms with Gasteiger partial charge in [-0.15, -0.1) is 0 Å². The van der Waals surface area contributed by atoms with E-state index in [9.17, 15) is 4.79 Å². The second kappa shape index (κ2) is 6.92. The number of hydrogen-bond acceptors (Lipinski definition) is 2. The maximum atomic E-state index is 12.4. The molecule has 0 aliphatic rings. The van der Waals surface area contributed by atoms with Crippen molar-refractivity contribution in [1.29, 1.82) is 0 Å². The average Bonchev–Trinajstić information content (AvgIpc) is 2.55. The van der Waals surface area contributed by atoms with Gasteiger partial charge in [0.25, 0.3) is 0 Å². The van der Waals surface area contributed by atoms with Gasteiger partial charge in [0.05, 0.1) is 18.0 Å². The molecule has 0 spiro atoms. The van der Waals surface area contributed by atoms with Crippen LogP contribution in [-0.2, 0) is 11.2 Å². The van der Waals surface area contributed by atoms with Crippen molar-refractivity contribution in [2.24, 2.45) is 0 Å². The quantitative estimate of drug-likeness (QED) is 0.740. The fourth-order valence-corrected chi connectivity index (χ4v) is 3.31. The molecule has 1 unspecified atom stereocenters. The number of amides is 1. The molecule has 3 nitrogen and oxygen atoms in total. The third-order valence-electron chi connectivity index (χ3n) is 3.82. The summed E-state index contributed by atoms with van der Waals surface area (Å²) in [7, 11) is 0. The molecule has 1 aromatic heterocycles. The number of carbonyl (C=O) groups excluding carboxylic acids is 1. The summed E-state index contributed by atoms with van der Waals surface area (Å²) in [5.41, 5.74) is 2.90. The largest absolute Gasteiger partial charge is 0.349 e. The highest BCUT2D eigenvalue weighted by Crippen LogP contribution is 2.23. The summed E-state index contributed by atoms with van der Waals surface area (Å²) in [5, 5.41) is 4.11. The van der Waals surface area contributed by atoms with E-state index in [0.29, 0.717) is 6.42 Å². The SMILES string of the molecule is CC(NC(=O)Cc1cccc2cccnc12)c1ccccc1Br. The Morgan fingerprint density at radius 2 is 1.91 bits per heavy atom. The highest BCUT2D eigenvalue weighted by Gasteiger charge is 2.13. The number of carbonyl (C=O) groups is 1. The average molecular weight is 369 g/mol. The molecule has 3 rings (SSSR count). The number of rotatable bonds is 4. The second-order valence-corrected chi connectivity index (χ2v) is 6.33. The summed E-state index contributed by atoms with van der Waals surface area (Å²) < 4.78 is 1.000. The summed E-state index contributed by atoms with van der Waals surface area (Å²) in [4.78, 5) is 16.8. The van der Waals surface area contributed by atoms with Crippen molar-refractivity contribution in [3.05, 3.63) is 76.4 Å². The topological polar surface area (TPSA) is 42.0 Å². The van der Waals surface area contributed by atoms with Crippen molar-refractivity contribution in [2.45, 2.75) is 19.4 Å². The fraction of sp³-hybridized carbons (Fsp3) is 0.158. The Morgan fingerprint density at radius 3 is 2.74 bits per heavy atom. The van der Waals surface area contributed by atoms with E-state index in [1.54, 1.807) is 6.20 Å². The van der Waals surface area contributed by atoms with E-state index in [0.717, 1.165) is 26.5 Å². The van der Waals surface area contributed by atoms with Crippen LogP contribution in [0.2, 0.25) is 0 Å². The van der Waals surface area contributed by atoms with E-state index in [-0.39, 0.29) is 11.9 Å². The third-order valence-corrected chi connectivity index (χ3v) is 4.54. The van der Waals surface area contributed by atoms with Crippen LogP contribution in [0.5, 0.6) is 0 Å². The Labute approximate surface area is 143 Å². The Kier molecular flexibility index (Phi) is 4.72. The molecule has 0 fully saturated rings. The second-order valence-electron chi connectivity index (χ2n) is 5.48. The van der Waals surface area contributed by atoms with Crippen LogP contribution in [0.3, 0.4) is 0 Å². The molecule has 0 bridgehead atoms. The van der Waals surface area contributed by atoms with Crippen LogP contribution in [-0.4, -0.2) is 10.9 Å². The minimum absolute atomic E-state index is 0.00796. The molecule has 0 saturated carbocycles. The first-order valence-corrected chi connectivity index (χ1v) is 8.31. The molecular formula is C19H17BrN2O. The molecule has 0 radical (unpaired) electrons. The zero-order valence-corrected chi connectivity index (χ0v) is 14.4. The first kappa shape index (κ1) is 15.7. The van der Waals surface area contributed by atoms with Gasteiger partial charge in [0.15, 0.2) is 0 Å². The molecule has 3 aromatic rings. The highest BCUT2D eigenvalue weighted by molar-refractivity contribution is 9.10. The minimum Gasteiger partial charge on any atom is -0.349 e. The molecule has 0 aliphatic carbocycles. The number of nitrogens with one attached hydrogen (secondary N) is 1. The number of hydrogen-bond donors (Lipinski definition) is 1. The third kappa shape index (κ3) is 3.59. The Balaban J connectivity index is 1.75. The standard InChI is InChI=1S/C19H17BrN2O/c1-13(16-9-2-3-10-17(16)20)22-18(23)12-15-7-4-6-14-8-5-11-21-19(14)15/h2-11,13H,12H2,1H3,(H,22,23). The van der Waals surface area contributed by atoms with E-state index < -0.39 is 0 Å². The van der Waals surface area contributed by atoms with Gasteiger partial charge in [0.2, 0.25) is 5.91 Å². The van der Waals surface area contributed by atoms with E-state index in [4.69, 9.17) is 0 Å². The summed E-state index contributed by atoms with van der Waals surface area (Å²) in [6.45, 7) is 1.99. The van der Waals surface area contributed by atoms with Crippen molar-refractivity contribution in [3.63, 3.8) is 0 Å². The van der Waals surface area contributed by atoms with Gasteiger partial charge in [-0.1, -0.05) is 58.4 Å².